The highest BCUT2D eigenvalue weighted by Crippen LogP contribution is 2.50. The Balaban J connectivity index is 1.74. The summed E-state index contributed by atoms with van der Waals surface area (Å²) < 4.78 is 0. The quantitative estimate of drug-likeness (QED) is 0.817. The number of aliphatic carboxylic acids is 1. The lowest BCUT2D eigenvalue weighted by atomic mass is 9.58. The molecule has 6 heteroatoms. The van der Waals surface area contributed by atoms with E-state index in [0.29, 0.717) is 25.3 Å². The number of hydrogen-bond acceptors (Lipinski definition) is 3. The molecule has 3 aliphatic carbocycles. The Morgan fingerprint density at radius 1 is 1.12 bits per heavy atom. The van der Waals surface area contributed by atoms with Gasteiger partial charge in [-0.25, -0.2) is 4.79 Å². The molecule has 4 aliphatic rings. The van der Waals surface area contributed by atoms with Crippen molar-refractivity contribution in [2.24, 2.45) is 23.7 Å². The Hall–Kier alpha value is -1.59. The van der Waals surface area contributed by atoms with Gasteiger partial charge in [-0.1, -0.05) is 6.42 Å². The van der Waals surface area contributed by atoms with E-state index in [0.717, 1.165) is 38.5 Å². The minimum Gasteiger partial charge on any atom is -0.480 e. The molecule has 3 saturated carbocycles. The second kappa shape index (κ2) is 7.11. The summed E-state index contributed by atoms with van der Waals surface area (Å²) in [7, 11) is 1.65. The second-order valence-corrected chi connectivity index (χ2v) is 7.70. The number of rotatable bonds is 4. The van der Waals surface area contributed by atoms with E-state index < -0.39 is 12.0 Å². The fourth-order valence-electron chi connectivity index (χ4n) is 5.19. The molecule has 4 fully saturated rings. The molecule has 24 heavy (non-hydrogen) atoms. The molecular weight excluding hydrogens is 308 g/mol. The number of likely N-dealkylation sites (tertiary alicyclic amines) is 1. The molecule has 4 rings (SSSR count). The van der Waals surface area contributed by atoms with Crippen LogP contribution in [0.5, 0.6) is 0 Å². The van der Waals surface area contributed by atoms with Gasteiger partial charge in [0.25, 0.3) is 0 Å². The molecule has 6 nitrogen and oxygen atoms in total. The van der Waals surface area contributed by atoms with E-state index in [2.05, 4.69) is 5.32 Å². The van der Waals surface area contributed by atoms with Crippen LogP contribution >= 0.6 is 0 Å². The summed E-state index contributed by atoms with van der Waals surface area (Å²) in [6.07, 6.45) is 6.85. The summed E-state index contributed by atoms with van der Waals surface area (Å²) in [5, 5.41) is 12.1. The van der Waals surface area contributed by atoms with Gasteiger partial charge in [-0.2, -0.15) is 0 Å². The van der Waals surface area contributed by atoms with Crippen molar-refractivity contribution in [3.63, 3.8) is 0 Å². The van der Waals surface area contributed by atoms with Crippen molar-refractivity contribution >= 4 is 17.8 Å². The molecule has 134 valence electrons. The number of carbonyl (C=O) groups is 3. The van der Waals surface area contributed by atoms with Gasteiger partial charge in [0, 0.05) is 25.9 Å². The predicted molar refractivity (Wildman–Crippen MR) is 88.1 cm³/mol. The molecule has 0 aromatic rings. The van der Waals surface area contributed by atoms with E-state index in [-0.39, 0.29) is 29.6 Å². The Morgan fingerprint density at radius 2 is 1.92 bits per heavy atom. The van der Waals surface area contributed by atoms with E-state index in [1.165, 1.54) is 0 Å². The Labute approximate surface area is 143 Å². The van der Waals surface area contributed by atoms with Crippen LogP contribution in [0.1, 0.15) is 51.4 Å². The van der Waals surface area contributed by atoms with Crippen molar-refractivity contribution in [2.75, 3.05) is 13.6 Å². The summed E-state index contributed by atoms with van der Waals surface area (Å²) in [5.41, 5.74) is 0. The van der Waals surface area contributed by atoms with E-state index in [1.54, 1.807) is 11.9 Å². The van der Waals surface area contributed by atoms with Gasteiger partial charge in [-0.05, 0) is 56.3 Å². The van der Waals surface area contributed by atoms with Crippen LogP contribution < -0.4 is 5.32 Å². The van der Waals surface area contributed by atoms with Crippen molar-refractivity contribution in [3.8, 4) is 0 Å². The average molecular weight is 336 g/mol. The number of carboxylic acid groups (broad SMARTS) is 1. The van der Waals surface area contributed by atoms with Gasteiger partial charge in [0.2, 0.25) is 11.8 Å². The molecule has 2 bridgehead atoms. The third-order valence-corrected chi connectivity index (χ3v) is 6.37. The van der Waals surface area contributed by atoms with Crippen molar-refractivity contribution in [1.82, 2.24) is 10.2 Å². The first-order valence-electron chi connectivity index (χ1n) is 9.25. The number of carboxylic acids is 1. The third-order valence-electron chi connectivity index (χ3n) is 6.37. The normalized spacial score (nSPS) is 35.5. The van der Waals surface area contributed by atoms with Gasteiger partial charge < -0.3 is 15.3 Å². The minimum absolute atomic E-state index is 0.0263. The van der Waals surface area contributed by atoms with Crippen molar-refractivity contribution in [1.29, 1.82) is 0 Å². The molecule has 5 atom stereocenters. The topological polar surface area (TPSA) is 86.7 Å². The molecule has 1 saturated heterocycles. The van der Waals surface area contributed by atoms with Gasteiger partial charge in [-0.3, -0.25) is 9.59 Å². The van der Waals surface area contributed by atoms with Gasteiger partial charge >= 0.3 is 5.97 Å². The summed E-state index contributed by atoms with van der Waals surface area (Å²) in [6, 6.07) is -0.663. The fraction of sp³-hybridized carbons (Fsp3) is 0.833. The lowest BCUT2D eigenvalue weighted by Crippen LogP contribution is -2.54. The summed E-state index contributed by atoms with van der Waals surface area (Å²) in [4.78, 5) is 38.0. The lowest BCUT2D eigenvalue weighted by molar-refractivity contribution is -0.158. The first-order chi connectivity index (χ1) is 11.5. The van der Waals surface area contributed by atoms with Gasteiger partial charge in [-0.15, -0.1) is 0 Å². The zero-order valence-corrected chi connectivity index (χ0v) is 14.4. The molecule has 0 radical (unpaired) electrons. The molecule has 0 aromatic carbocycles. The first-order valence-corrected chi connectivity index (χ1v) is 9.25. The Kier molecular flexibility index (Phi) is 5.11. The smallest absolute Gasteiger partial charge is 0.326 e. The molecule has 2 N–H and O–H groups in total. The van der Waals surface area contributed by atoms with Crippen molar-refractivity contribution < 1.29 is 19.5 Å². The molecule has 0 spiro atoms. The molecule has 0 aromatic heterocycles. The number of carbonyl (C=O) groups excluding carboxylic acids is 2. The highest BCUT2D eigenvalue weighted by Gasteiger charge is 2.48. The van der Waals surface area contributed by atoms with Crippen LogP contribution in [0.4, 0.5) is 0 Å². The lowest BCUT2D eigenvalue weighted by Gasteiger charge is -2.48. The van der Waals surface area contributed by atoms with Gasteiger partial charge in [0.1, 0.15) is 6.04 Å². The van der Waals surface area contributed by atoms with Crippen LogP contribution in [0.25, 0.3) is 0 Å². The van der Waals surface area contributed by atoms with Crippen LogP contribution in [0.2, 0.25) is 0 Å². The van der Waals surface area contributed by atoms with Gasteiger partial charge in [0.05, 0.1) is 0 Å². The Morgan fingerprint density at radius 3 is 2.58 bits per heavy atom. The van der Waals surface area contributed by atoms with Gasteiger partial charge in [0.15, 0.2) is 0 Å². The number of piperidine rings is 1. The van der Waals surface area contributed by atoms with Crippen LogP contribution in [0.3, 0.4) is 0 Å². The van der Waals surface area contributed by atoms with Crippen molar-refractivity contribution in [3.05, 3.63) is 0 Å². The standard InChI is InChI=1S/C18H28N2O4/c1-19-16(21)10-12-8-11-5-6-13(12)14(9-11)17(22)20-7-3-2-4-15(20)18(23)24/h11-15H,2-10H2,1H3,(H,19,21)(H,23,24). The van der Waals surface area contributed by atoms with E-state index in [9.17, 15) is 19.5 Å². The molecule has 2 amide bonds. The minimum atomic E-state index is -0.883. The average Bonchev–Trinajstić information content (AvgIpc) is 2.61. The second-order valence-electron chi connectivity index (χ2n) is 7.70. The summed E-state index contributed by atoms with van der Waals surface area (Å²) >= 11 is 0. The zero-order chi connectivity index (χ0) is 17.3. The number of amides is 2. The highest BCUT2D eigenvalue weighted by molar-refractivity contribution is 5.86. The van der Waals surface area contributed by atoms with E-state index in [4.69, 9.17) is 0 Å². The number of fused-ring (bicyclic) bond motifs is 3. The SMILES string of the molecule is CNC(=O)CC1CC2CCC1C(C(=O)N1CCCCC1C(=O)O)C2. The molecule has 1 aliphatic heterocycles. The van der Waals surface area contributed by atoms with Crippen molar-refractivity contribution in [2.45, 2.75) is 57.4 Å². The zero-order valence-electron chi connectivity index (χ0n) is 14.4. The van der Waals surface area contributed by atoms with Crippen LogP contribution in [-0.2, 0) is 14.4 Å². The maximum atomic E-state index is 13.1. The fourth-order valence-corrected chi connectivity index (χ4v) is 5.19. The predicted octanol–water partition coefficient (Wildman–Crippen LogP) is 1.64. The first kappa shape index (κ1) is 17.2. The maximum absolute atomic E-state index is 13.1. The third kappa shape index (κ3) is 3.28. The van der Waals surface area contributed by atoms with Crippen LogP contribution in [-0.4, -0.2) is 47.4 Å². The molecule has 5 unspecified atom stereocenters. The van der Waals surface area contributed by atoms with Crippen LogP contribution in [0, 0.1) is 23.7 Å². The molecule has 1 heterocycles. The highest BCUT2D eigenvalue weighted by atomic mass is 16.4. The monoisotopic (exact) mass is 336 g/mol. The maximum Gasteiger partial charge on any atom is 0.326 e. The van der Waals surface area contributed by atoms with E-state index >= 15 is 0 Å². The largest absolute Gasteiger partial charge is 0.480 e. The van der Waals surface area contributed by atoms with E-state index in [1.807, 2.05) is 0 Å². The number of nitrogens with one attached hydrogen (secondary N) is 1. The molecular formula is C18H28N2O4. The van der Waals surface area contributed by atoms with Crippen LogP contribution in [0.15, 0.2) is 0 Å². The summed E-state index contributed by atoms with van der Waals surface area (Å²) in [6.45, 7) is 0.559. The number of nitrogens with zero attached hydrogens (tertiary/aromatic N) is 1. The Bertz CT molecular complexity index is 521. The number of hydrogen-bond donors (Lipinski definition) is 2. The summed E-state index contributed by atoms with van der Waals surface area (Å²) in [5.74, 6) is 0.0962.